The van der Waals surface area contributed by atoms with Crippen LogP contribution in [0.25, 0.3) is 102 Å². The van der Waals surface area contributed by atoms with Gasteiger partial charge in [-0.3, -0.25) is 13.8 Å². The van der Waals surface area contributed by atoms with Crippen molar-refractivity contribution in [1.29, 1.82) is 0 Å². The van der Waals surface area contributed by atoms with E-state index in [0.717, 1.165) is 81.4 Å². The number of nitrogens with zero attached hydrogens (tertiary/aromatic N) is 4. The zero-order valence-electron chi connectivity index (χ0n) is 43.5. The van der Waals surface area contributed by atoms with Gasteiger partial charge in [0.05, 0.1) is 30.6 Å². The van der Waals surface area contributed by atoms with Crippen LogP contribution in [0, 0.1) is 44.5 Å². The monoisotopic (exact) mass is 1150 g/mol. The third-order valence-electron chi connectivity index (χ3n) is 12.9. The summed E-state index contributed by atoms with van der Waals surface area (Å²) in [4.78, 5) is 15.5. The first-order valence-corrected chi connectivity index (χ1v) is 27.9. The number of hydrogen-bond donors (Lipinski definition) is 0. The van der Waals surface area contributed by atoms with E-state index in [-0.39, 0.29) is 37.0 Å². The van der Waals surface area contributed by atoms with Crippen LogP contribution in [0.15, 0.2) is 140 Å². The van der Waals surface area contributed by atoms with Gasteiger partial charge in [0, 0.05) is 85.6 Å². The summed E-state index contributed by atoms with van der Waals surface area (Å²) in [6.45, 7) is 11.9. The van der Waals surface area contributed by atoms with Crippen LogP contribution < -0.4 is 5.19 Å². The van der Waals surface area contributed by atoms with Gasteiger partial charge in [0.1, 0.15) is 4.83 Å². The zero-order valence-corrected chi connectivity index (χ0v) is 44.5. The van der Waals surface area contributed by atoms with Crippen LogP contribution in [0.4, 0.5) is 8.78 Å². The van der Waals surface area contributed by atoms with Gasteiger partial charge in [-0.2, -0.15) is 11.3 Å². The SMILES string of the molecule is Cc1cc2c(sc3ccccc32)c(C)c1-n1c(-c2[c-]cc(F)c3c2sc2nc(-c4ccccc4)ccc23)nc2ccc3ccccc3c21.[2H]C([2H])([2H])c1cc[c-]c(-c2cc(C([2H])(C)C)c([Si](C)(C)C)cn2)c1F.[Ir]. The first kappa shape index (κ1) is 42.6. The van der Waals surface area contributed by atoms with Crippen LogP contribution in [-0.2, 0) is 20.1 Å². The number of benzene rings is 7. The average Bonchev–Trinajstić information content (AvgIpc) is 4.06. The minimum absolute atomic E-state index is 0. The summed E-state index contributed by atoms with van der Waals surface area (Å²) in [6.07, 6.45) is 1.71. The topological polar surface area (TPSA) is 43.6 Å². The van der Waals surface area contributed by atoms with E-state index in [2.05, 4.69) is 122 Å². The van der Waals surface area contributed by atoms with Crippen molar-refractivity contribution in [2.24, 2.45) is 0 Å². The molecule has 0 atom stereocenters. The van der Waals surface area contributed by atoms with Crippen LogP contribution in [0.1, 0.15) is 47.5 Å². The Hall–Kier alpha value is -6.26. The second kappa shape index (κ2) is 18.5. The maximum absolute atomic E-state index is 15.8. The van der Waals surface area contributed by atoms with Gasteiger partial charge in [0.25, 0.3) is 0 Å². The number of pyridine rings is 2. The van der Waals surface area contributed by atoms with E-state index in [1.165, 1.54) is 55.3 Å². The van der Waals surface area contributed by atoms with Crippen molar-refractivity contribution in [2.75, 3.05) is 0 Å². The average molecular weight is 1150 g/mol. The number of halogens is 2. The molecule has 7 aromatic carbocycles. The van der Waals surface area contributed by atoms with Gasteiger partial charge < -0.3 is 9.55 Å². The van der Waals surface area contributed by atoms with Crippen LogP contribution in [0.5, 0.6) is 0 Å². The molecule has 70 heavy (non-hydrogen) atoms. The standard InChI is InChI=1S/C42H25FN3S2.C18H23FNSi.Ir/c1-23-22-31-28-14-8-9-15-35(28)47-39(31)24(2)37(23)46-38-27-13-7-6-10-25(27)16-20-34(38)44-41(46)30-17-19-32(43)36-29-18-21-33(26-11-4-3-5-12-26)45-42(29)48-40(30)36;1-12(2)15-10-16(20-11-17(15)21(4,5)6)14-9-7-8-13(3)18(14)19;/h3-16,18-22H,1-2H3;7-8,10-12H,1-6H3;/q2*-1;/i;3D3,12D;. The Morgan fingerprint density at radius 1 is 0.729 bits per heavy atom. The number of fused-ring (bicyclic) bond motifs is 9. The van der Waals surface area contributed by atoms with Crippen molar-refractivity contribution >= 4 is 98.2 Å². The third-order valence-corrected chi connectivity index (χ3v) is 17.4. The van der Waals surface area contributed by atoms with E-state index >= 15 is 4.39 Å². The van der Waals surface area contributed by atoms with Gasteiger partial charge in [-0.1, -0.05) is 154 Å². The number of rotatable bonds is 6. The number of aryl methyl sites for hydroxylation is 3. The summed E-state index contributed by atoms with van der Waals surface area (Å²) >= 11 is 3.33. The molecule has 349 valence electrons. The second-order valence-electron chi connectivity index (χ2n) is 18.7. The summed E-state index contributed by atoms with van der Waals surface area (Å²) in [7, 11) is -1.74. The number of aromatic nitrogens is 4. The fraction of sp³-hybridized carbons (Fsp3) is 0.150. The number of thiophene rings is 2. The fourth-order valence-corrected chi connectivity index (χ4v) is 13.6. The van der Waals surface area contributed by atoms with Crippen molar-refractivity contribution in [3.8, 4) is 39.6 Å². The Balaban J connectivity index is 0.000000205. The van der Waals surface area contributed by atoms with Crippen molar-refractivity contribution in [2.45, 2.75) is 60.1 Å². The normalized spacial score (nSPS) is 13.0. The Kier molecular flexibility index (Phi) is 11.2. The van der Waals surface area contributed by atoms with Gasteiger partial charge in [0.15, 0.2) is 0 Å². The van der Waals surface area contributed by atoms with Gasteiger partial charge >= 0.3 is 0 Å². The van der Waals surface area contributed by atoms with Gasteiger partial charge in [0.2, 0.25) is 0 Å². The zero-order chi connectivity index (χ0) is 51.3. The molecule has 0 aliphatic carbocycles. The van der Waals surface area contributed by atoms with Crippen LogP contribution >= 0.6 is 22.7 Å². The second-order valence-corrected chi connectivity index (χ2v) is 25.8. The van der Waals surface area contributed by atoms with E-state index in [4.69, 9.17) is 15.5 Å². The predicted octanol–water partition coefficient (Wildman–Crippen LogP) is 16.9. The molecule has 0 unspecified atom stereocenters. The molecule has 5 heterocycles. The molecule has 10 heteroatoms. The molecule has 0 spiro atoms. The molecule has 12 aromatic rings. The summed E-state index contributed by atoms with van der Waals surface area (Å²) < 4.78 is 67.1. The molecule has 0 aliphatic rings. The summed E-state index contributed by atoms with van der Waals surface area (Å²) in [6, 6.07) is 49.6. The molecule has 1 radical (unpaired) electrons. The van der Waals surface area contributed by atoms with Crippen molar-refractivity contribution < 1.29 is 34.4 Å². The molecule has 12 rings (SSSR count). The fourth-order valence-electron chi connectivity index (χ4n) is 9.61. The van der Waals surface area contributed by atoms with Crippen LogP contribution in [0.3, 0.4) is 0 Å². The molecular weight excluding hydrogens is 1100 g/mol. The van der Waals surface area contributed by atoms with E-state index < -0.39 is 26.6 Å². The molecular formula is C60H48F2IrN4S2Si-2. The Bertz CT molecular complexity index is 4180. The Morgan fingerprint density at radius 2 is 1.49 bits per heavy atom. The first-order chi connectivity index (χ1) is 34.8. The first-order valence-electron chi connectivity index (χ1n) is 24.8. The molecule has 0 bridgehead atoms. The Morgan fingerprint density at radius 3 is 2.26 bits per heavy atom. The maximum atomic E-state index is 15.8. The molecule has 0 amide bonds. The van der Waals surface area contributed by atoms with E-state index in [1.54, 1.807) is 26.1 Å². The van der Waals surface area contributed by atoms with Crippen LogP contribution in [0.2, 0.25) is 19.6 Å². The largest absolute Gasteiger partial charge is 0.332 e. The smallest absolute Gasteiger partial charge is 0.114 e. The van der Waals surface area contributed by atoms with E-state index in [1.807, 2.05) is 53.8 Å². The maximum Gasteiger partial charge on any atom is 0.114 e. The predicted molar refractivity (Wildman–Crippen MR) is 292 cm³/mol. The number of imidazole rings is 1. The van der Waals surface area contributed by atoms with Gasteiger partial charge in [-0.25, -0.2) is 4.98 Å². The molecule has 0 fully saturated rings. The number of hydrogen-bond acceptors (Lipinski definition) is 5. The Labute approximate surface area is 434 Å². The minimum atomic E-state index is -2.54. The molecule has 0 saturated heterocycles. The van der Waals surface area contributed by atoms with Crippen molar-refractivity contribution in [3.05, 3.63) is 186 Å². The molecule has 0 aliphatic heterocycles. The molecule has 5 aromatic heterocycles. The molecule has 4 nitrogen and oxygen atoms in total. The summed E-state index contributed by atoms with van der Waals surface area (Å²) in [5, 5.41) is 7.21. The minimum Gasteiger partial charge on any atom is -0.332 e. The van der Waals surface area contributed by atoms with Gasteiger partial charge in [-0.05, 0) is 81.5 Å². The molecule has 0 saturated carbocycles. The van der Waals surface area contributed by atoms with E-state index in [0.29, 0.717) is 11.1 Å². The van der Waals surface area contributed by atoms with Crippen molar-refractivity contribution in [1.82, 2.24) is 19.5 Å². The van der Waals surface area contributed by atoms with E-state index in [9.17, 15) is 4.39 Å². The van der Waals surface area contributed by atoms with Crippen LogP contribution in [-0.4, -0.2) is 27.6 Å². The summed E-state index contributed by atoms with van der Waals surface area (Å²) in [5.74, 6) is -1.26. The summed E-state index contributed by atoms with van der Waals surface area (Å²) in [5.41, 5.74) is 8.81. The van der Waals surface area contributed by atoms with Gasteiger partial charge in [-0.15, -0.1) is 41.7 Å². The van der Waals surface area contributed by atoms with Crippen molar-refractivity contribution in [3.63, 3.8) is 0 Å². The molecule has 0 N–H and O–H groups in total. The third kappa shape index (κ3) is 8.09. The quantitative estimate of drug-likeness (QED) is 0.123.